The molecule has 0 saturated carbocycles. The van der Waals surface area contributed by atoms with Crippen LogP contribution in [0.25, 0.3) is 32.3 Å². The van der Waals surface area contributed by atoms with Gasteiger partial charge in [0.1, 0.15) is 0 Å². The molecule has 0 heteroatoms. The fourth-order valence-corrected chi connectivity index (χ4v) is 3.20. The van der Waals surface area contributed by atoms with Crippen LogP contribution in [0, 0.1) is 13.8 Å². The molecule has 4 rings (SSSR count). The number of fused-ring (bicyclic) bond motifs is 4. The predicted octanol–water partition coefficient (Wildman–Crippen LogP) is 5.76. The Hall–Kier alpha value is -2.34. The summed E-state index contributed by atoms with van der Waals surface area (Å²) < 4.78 is 0. The molecule has 0 unspecified atom stereocenters. The van der Waals surface area contributed by atoms with E-state index < -0.39 is 0 Å². The molecule has 0 fully saturated rings. The Labute approximate surface area is 118 Å². The van der Waals surface area contributed by atoms with Crippen LogP contribution in [0.3, 0.4) is 0 Å². The number of rotatable bonds is 0. The summed E-state index contributed by atoms with van der Waals surface area (Å²) in [6, 6.07) is 22.2. The molecule has 0 nitrogen and oxygen atoms in total. The van der Waals surface area contributed by atoms with Crippen LogP contribution in [-0.2, 0) is 0 Å². The van der Waals surface area contributed by atoms with Crippen molar-refractivity contribution in [1.82, 2.24) is 0 Å². The monoisotopic (exact) mass is 256 g/mol. The van der Waals surface area contributed by atoms with E-state index in [1.165, 1.54) is 43.4 Å². The highest BCUT2D eigenvalue weighted by atomic mass is 14.1. The van der Waals surface area contributed by atoms with Crippen LogP contribution in [0.2, 0.25) is 0 Å². The van der Waals surface area contributed by atoms with Gasteiger partial charge in [0, 0.05) is 0 Å². The normalized spacial score (nSPS) is 11.5. The molecule has 0 radical (unpaired) electrons. The molecule has 0 amide bonds. The van der Waals surface area contributed by atoms with E-state index in [2.05, 4.69) is 74.5 Å². The average Bonchev–Trinajstić information content (AvgIpc) is 2.47. The van der Waals surface area contributed by atoms with Gasteiger partial charge in [0.2, 0.25) is 0 Å². The van der Waals surface area contributed by atoms with E-state index in [0.29, 0.717) is 0 Å². The standard InChI is InChI=1S/C20H16/c1-13-7-8-15-9-10-18-14(2)17-6-4-3-5-16(17)12-20(18)19(15)11-13/h3-12H,1-2H3. The molecule has 0 aliphatic carbocycles. The first-order valence-electron chi connectivity index (χ1n) is 7.05. The first kappa shape index (κ1) is 11.5. The topological polar surface area (TPSA) is 0 Å². The van der Waals surface area contributed by atoms with Crippen molar-refractivity contribution in [3.05, 3.63) is 71.8 Å². The van der Waals surface area contributed by atoms with E-state index in [0.717, 1.165) is 0 Å². The van der Waals surface area contributed by atoms with Gasteiger partial charge in [-0.1, -0.05) is 60.2 Å². The second kappa shape index (κ2) is 4.08. The highest BCUT2D eigenvalue weighted by molar-refractivity contribution is 6.14. The van der Waals surface area contributed by atoms with Crippen molar-refractivity contribution in [2.24, 2.45) is 0 Å². The summed E-state index contributed by atoms with van der Waals surface area (Å²) in [6.07, 6.45) is 0. The summed E-state index contributed by atoms with van der Waals surface area (Å²) in [6.45, 7) is 4.39. The lowest BCUT2D eigenvalue weighted by Crippen LogP contribution is -1.85. The minimum Gasteiger partial charge on any atom is -0.0616 e. The van der Waals surface area contributed by atoms with Gasteiger partial charge in [-0.25, -0.2) is 0 Å². The van der Waals surface area contributed by atoms with Gasteiger partial charge in [-0.3, -0.25) is 0 Å². The van der Waals surface area contributed by atoms with Crippen molar-refractivity contribution >= 4 is 32.3 Å². The maximum Gasteiger partial charge on any atom is -0.00963 e. The summed E-state index contributed by atoms with van der Waals surface area (Å²) in [4.78, 5) is 0. The molecule has 0 aliphatic heterocycles. The third kappa shape index (κ3) is 1.55. The zero-order valence-corrected chi connectivity index (χ0v) is 11.8. The van der Waals surface area contributed by atoms with Crippen molar-refractivity contribution in [3.63, 3.8) is 0 Å². The Morgan fingerprint density at radius 2 is 1.35 bits per heavy atom. The second-order valence-corrected chi connectivity index (χ2v) is 5.61. The van der Waals surface area contributed by atoms with Crippen LogP contribution in [0.5, 0.6) is 0 Å². The first-order valence-corrected chi connectivity index (χ1v) is 7.05. The van der Waals surface area contributed by atoms with Crippen molar-refractivity contribution in [2.45, 2.75) is 13.8 Å². The molecule has 0 N–H and O–H groups in total. The summed E-state index contributed by atoms with van der Waals surface area (Å²) in [7, 11) is 0. The largest absolute Gasteiger partial charge is 0.0616 e. The van der Waals surface area contributed by atoms with E-state index in [-0.39, 0.29) is 0 Å². The van der Waals surface area contributed by atoms with Gasteiger partial charge in [-0.05, 0) is 57.8 Å². The van der Waals surface area contributed by atoms with E-state index in [1.54, 1.807) is 0 Å². The fourth-order valence-electron chi connectivity index (χ4n) is 3.20. The van der Waals surface area contributed by atoms with Crippen molar-refractivity contribution in [1.29, 1.82) is 0 Å². The number of aryl methyl sites for hydroxylation is 2. The Bertz CT molecular complexity index is 962. The van der Waals surface area contributed by atoms with Crippen LogP contribution in [0.4, 0.5) is 0 Å². The Morgan fingerprint density at radius 3 is 2.25 bits per heavy atom. The second-order valence-electron chi connectivity index (χ2n) is 5.61. The highest BCUT2D eigenvalue weighted by Crippen LogP contribution is 2.33. The number of hydrogen-bond acceptors (Lipinski definition) is 0. The zero-order chi connectivity index (χ0) is 13.7. The SMILES string of the molecule is Cc1ccc2ccc3c(C)c4ccccc4cc3c2c1. The van der Waals surface area contributed by atoms with Gasteiger partial charge in [0.15, 0.2) is 0 Å². The predicted molar refractivity (Wildman–Crippen MR) is 88.4 cm³/mol. The highest BCUT2D eigenvalue weighted by Gasteiger charge is 2.06. The molecule has 20 heavy (non-hydrogen) atoms. The fraction of sp³-hybridized carbons (Fsp3) is 0.100. The van der Waals surface area contributed by atoms with Crippen LogP contribution in [0.1, 0.15) is 11.1 Å². The summed E-state index contributed by atoms with van der Waals surface area (Å²) in [5.74, 6) is 0. The summed E-state index contributed by atoms with van der Waals surface area (Å²) in [5.41, 5.74) is 2.69. The van der Waals surface area contributed by atoms with Gasteiger partial charge in [0.25, 0.3) is 0 Å². The van der Waals surface area contributed by atoms with E-state index in [9.17, 15) is 0 Å². The molecule has 0 saturated heterocycles. The molecule has 0 bridgehead atoms. The Balaban J connectivity index is 2.30. The van der Waals surface area contributed by atoms with Crippen LogP contribution < -0.4 is 0 Å². The van der Waals surface area contributed by atoms with Crippen molar-refractivity contribution in [3.8, 4) is 0 Å². The molecule has 0 spiro atoms. The quantitative estimate of drug-likeness (QED) is 0.277. The number of benzene rings is 4. The molecular formula is C20H16. The third-order valence-corrected chi connectivity index (χ3v) is 4.29. The molecule has 0 aliphatic rings. The molecular weight excluding hydrogens is 240 g/mol. The van der Waals surface area contributed by atoms with Gasteiger partial charge in [-0.15, -0.1) is 0 Å². The third-order valence-electron chi connectivity index (χ3n) is 4.29. The molecule has 0 heterocycles. The molecule has 0 atom stereocenters. The van der Waals surface area contributed by atoms with Crippen LogP contribution in [-0.4, -0.2) is 0 Å². The van der Waals surface area contributed by atoms with E-state index >= 15 is 0 Å². The van der Waals surface area contributed by atoms with Gasteiger partial charge in [-0.2, -0.15) is 0 Å². The minimum absolute atomic E-state index is 1.32. The van der Waals surface area contributed by atoms with Crippen LogP contribution >= 0.6 is 0 Å². The minimum atomic E-state index is 1.32. The Morgan fingerprint density at radius 1 is 0.550 bits per heavy atom. The smallest absolute Gasteiger partial charge is 0.00963 e. The maximum atomic E-state index is 2.33. The van der Waals surface area contributed by atoms with Crippen molar-refractivity contribution in [2.75, 3.05) is 0 Å². The molecule has 96 valence electrons. The average molecular weight is 256 g/mol. The lowest BCUT2D eigenvalue weighted by Gasteiger charge is -2.11. The van der Waals surface area contributed by atoms with Crippen molar-refractivity contribution < 1.29 is 0 Å². The van der Waals surface area contributed by atoms with Gasteiger partial charge in [0.05, 0.1) is 0 Å². The van der Waals surface area contributed by atoms with Gasteiger partial charge >= 0.3 is 0 Å². The lowest BCUT2D eigenvalue weighted by molar-refractivity contribution is 1.51. The number of hydrogen-bond donors (Lipinski definition) is 0. The summed E-state index contributed by atoms with van der Waals surface area (Å²) >= 11 is 0. The maximum absolute atomic E-state index is 2.33. The van der Waals surface area contributed by atoms with Gasteiger partial charge < -0.3 is 0 Å². The van der Waals surface area contributed by atoms with Crippen LogP contribution in [0.15, 0.2) is 60.7 Å². The lowest BCUT2D eigenvalue weighted by atomic mass is 9.93. The zero-order valence-electron chi connectivity index (χ0n) is 11.8. The first-order chi connectivity index (χ1) is 9.74. The Kier molecular flexibility index (Phi) is 2.34. The molecule has 4 aromatic carbocycles. The van der Waals surface area contributed by atoms with E-state index in [4.69, 9.17) is 0 Å². The molecule has 4 aromatic rings. The molecule has 0 aromatic heterocycles. The van der Waals surface area contributed by atoms with E-state index in [1.807, 2.05) is 0 Å². The summed E-state index contributed by atoms with van der Waals surface area (Å²) in [5, 5.41) is 8.08.